The zero-order valence-electron chi connectivity index (χ0n) is 9.44. The van der Waals surface area contributed by atoms with Crippen molar-refractivity contribution in [2.45, 2.75) is 18.8 Å². The van der Waals surface area contributed by atoms with E-state index in [1.165, 1.54) is 12.3 Å². The van der Waals surface area contributed by atoms with Gasteiger partial charge in [0.1, 0.15) is 5.56 Å². The summed E-state index contributed by atoms with van der Waals surface area (Å²) in [6, 6.07) is 1.98. The Kier molecular flexibility index (Phi) is 3.72. The van der Waals surface area contributed by atoms with Gasteiger partial charge in [0.15, 0.2) is 0 Å². The molecule has 0 aliphatic carbocycles. The third kappa shape index (κ3) is 2.91. The van der Waals surface area contributed by atoms with Crippen molar-refractivity contribution in [1.82, 2.24) is 4.57 Å². The summed E-state index contributed by atoms with van der Waals surface area (Å²) in [5, 5.41) is 0. The fourth-order valence-electron chi connectivity index (χ4n) is 1.76. The first kappa shape index (κ1) is 13.1. The molecule has 1 aromatic rings. The average molecular weight is 263 g/mol. The Morgan fingerprint density at radius 3 is 2.78 bits per heavy atom. The van der Waals surface area contributed by atoms with Gasteiger partial charge in [-0.05, 0) is 12.1 Å². The molecule has 0 spiro atoms. The summed E-state index contributed by atoms with van der Waals surface area (Å²) in [5.74, 6) is 0. The maximum atomic E-state index is 12.5. The summed E-state index contributed by atoms with van der Waals surface area (Å²) in [5.41, 5.74) is -2.22. The number of alkyl halides is 3. The molecule has 0 amide bonds. The number of nitrogens with zero attached hydrogens (tertiary/aromatic N) is 1. The Morgan fingerprint density at radius 1 is 1.39 bits per heavy atom. The predicted molar refractivity (Wildman–Crippen MR) is 56.3 cm³/mol. The molecule has 0 bridgehead atoms. The highest BCUT2D eigenvalue weighted by molar-refractivity contribution is 5.14. The van der Waals surface area contributed by atoms with Crippen LogP contribution >= 0.6 is 0 Å². The van der Waals surface area contributed by atoms with E-state index >= 15 is 0 Å². The number of rotatable bonds is 2. The van der Waals surface area contributed by atoms with E-state index in [2.05, 4.69) is 0 Å². The molecule has 2 heterocycles. The lowest BCUT2D eigenvalue weighted by atomic mass is 10.2. The van der Waals surface area contributed by atoms with E-state index in [0.29, 0.717) is 13.2 Å². The summed E-state index contributed by atoms with van der Waals surface area (Å²) < 4.78 is 49.0. The number of hydrogen-bond acceptors (Lipinski definition) is 3. The Labute approximate surface area is 101 Å². The molecule has 1 fully saturated rings. The molecular weight excluding hydrogens is 251 g/mol. The second-order valence-corrected chi connectivity index (χ2v) is 3.94. The van der Waals surface area contributed by atoms with Crippen LogP contribution in [-0.4, -0.2) is 30.5 Å². The number of ether oxygens (including phenoxy) is 2. The second-order valence-electron chi connectivity index (χ2n) is 3.94. The van der Waals surface area contributed by atoms with Crippen molar-refractivity contribution in [2.24, 2.45) is 0 Å². The Morgan fingerprint density at radius 2 is 2.17 bits per heavy atom. The van der Waals surface area contributed by atoms with E-state index < -0.39 is 17.3 Å². The van der Waals surface area contributed by atoms with E-state index in [9.17, 15) is 18.0 Å². The molecule has 0 unspecified atom stereocenters. The van der Waals surface area contributed by atoms with Gasteiger partial charge in [-0.1, -0.05) is 0 Å². The van der Waals surface area contributed by atoms with Gasteiger partial charge < -0.3 is 14.0 Å². The number of halogens is 3. The fraction of sp³-hybridized carbons (Fsp3) is 0.545. The first-order valence-electron chi connectivity index (χ1n) is 5.44. The van der Waals surface area contributed by atoms with Crippen LogP contribution in [-0.2, 0) is 22.2 Å². The van der Waals surface area contributed by atoms with Gasteiger partial charge in [-0.15, -0.1) is 0 Å². The molecule has 100 valence electrons. The van der Waals surface area contributed by atoms with Crippen LogP contribution in [0.25, 0.3) is 0 Å². The highest BCUT2D eigenvalue weighted by atomic mass is 19.4. The predicted octanol–water partition coefficient (Wildman–Crippen LogP) is 1.28. The molecule has 1 aromatic heterocycles. The van der Waals surface area contributed by atoms with Crippen LogP contribution in [0.5, 0.6) is 0 Å². The van der Waals surface area contributed by atoms with E-state index in [4.69, 9.17) is 9.47 Å². The molecule has 7 heteroatoms. The molecule has 1 saturated heterocycles. The third-order valence-electron chi connectivity index (χ3n) is 2.61. The molecule has 0 radical (unpaired) electrons. The van der Waals surface area contributed by atoms with Crippen LogP contribution in [0, 0.1) is 0 Å². The fourth-order valence-corrected chi connectivity index (χ4v) is 1.76. The molecule has 1 aliphatic rings. The van der Waals surface area contributed by atoms with Gasteiger partial charge in [-0.2, -0.15) is 13.2 Å². The molecule has 0 N–H and O–H groups in total. The summed E-state index contributed by atoms with van der Waals surface area (Å²) >= 11 is 0. The normalized spacial score (nSPS) is 20.9. The van der Waals surface area contributed by atoms with Crippen molar-refractivity contribution in [3.05, 3.63) is 34.2 Å². The van der Waals surface area contributed by atoms with Crippen LogP contribution in [0.2, 0.25) is 0 Å². The maximum Gasteiger partial charge on any atom is 0.421 e. The summed E-state index contributed by atoms with van der Waals surface area (Å²) in [6.45, 7) is 1.19. The molecule has 0 aromatic carbocycles. The van der Waals surface area contributed by atoms with E-state index in [1.54, 1.807) is 0 Å². The van der Waals surface area contributed by atoms with Crippen molar-refractivity contribution in [3.8, 4) is 0 Å². The lowest BCUT2D eigenvalue weighted by Crippen LogP contribution is -2.37. The molecular formula is C11H12F3NO3. The highest BCUT2D eigenvalue weighted by Gasteiger charge is 2.34. The first-order chi connectivity index (χ1) is 8.48. The molecule has 18 heavy (non-hydrogen) atoms. The van der Waals surface area contributed by atoms with Crippen molar-refractivity contribution in [2.75, 3.05) is 19.8 Å². The van der Waals surface area contributed by atoms with Crippen molar-refractivity contribution < 1.29 is 22.6 Å². The minimum atomic E-state index is -4.63. The maximum absolute atomic E-state index is 12.5. The van der Waals surface area contributed by atoms with Crippen LogP contribution in [0.1, 0.15) is 5.56 Å². The van der Waals surface area contributed by atoms with E-state index in [1.807, 2.05) is 0 Å². The third-order valence-corrected chi connectivity index (χ3v) is 2.61. The first-order valence-corrected chi connectivity index (χ1v) is 5.44. The van der Waals surface area contributed by atoms with E-state index in [-0.39, 0.29) is 19.3 Å². The topological polar surface area (TPSA) is 40.5 Å². The lowest BCUT2D eigenvalue weighted by molar-refractivity contribution is -0.139. The summed E-state index contributed by atoms with van der Waals surface area (Å²) in [6.07, 6.45) is -3.71. The van der Waals surface area contributed by atoms with Gasteiger partial charge in [0.2, 0.25) is 0 Å². The Bertz CT molecular complexity index is 463. The van der Waals surface area contributed by atoms with Gasteiger partial charge in [0.25, 0.3) is 5.56 Å². The smallest absolute Gasteiger partial charge is 0.376 e. The molecule has 1 atom stereocenters. The minimum Gasteiger partial charge on any atom is -0.376 e. The lowest BCUT2D eigenvalue weighted by Gasteiger charge is -2.23. The van der Waals surface area contributed by atoms with Gasteiger partial charge in [-0.3, -0.25) is 4.79 Å². The molecule has 0 saturated carbocycles. The number of aromatic nitrogens is 1. The standard InChI is InChI=1S/C11H12F3NO3/c12-11(13,14)9-2-1-3-15(10(9)16)6-8-7-17-4-5-18-8/h1-3,8H,4-7H2/t8-/m1/s1. The summed E-state index contributed by atoms with van der Waals surface area (Å²) in [7, 11) is 0. The minimum absolute atomic E-state index is 0.0583. The van der Waals surface area contributed by atoms with E-state index in [0.717, 1.165) is 10.6 Å². The van der Waals surface area contributed by atoms with Crippen LogP contribution in [0.3, 0.4) is 0 Å². The zero-order chi connectivity index (χ0) is 13.2. The average Bonchev–Trinajstić information content (AvgIpc) is 2.32. The second kappa shape index (κ2) is 5.11. The van der Waals surface area contributed by atoms with Crippen molar-refractivity contribution >= 4 is 0 Å². The monoisotopic (exact) mass is 263 g/mol. The van der Waals surface area contributed by atoms with Gasteiger partial charge in [0, 0.05) is 6.20 Å². The van der Waals surface area contributed by atoms with Gasteiger partial charge in [0.05, 0.1) is 32.5 Å². The molecule has 1 aliphatic heterocycles. The molecule has 4 nitrogen and oxygen atoms in total. The van der Waals surface area contributed by atoms with Gasteiger partial charge >= 0.3 is 6.18 Å². The van der Waals surface area contributed by atoms with Crippen LogP contribution in [0.15, 0.2) is 23.1 Å². The molecule has 2 rings (SSSR count). The van der Waals surface area contributed by atoms with Crippen molar-refractivity contribution in [1.29, 1.82) is 0 Å². The number of hydrogen-bond donors (Lipinski definition) is 0. The Balaban J connectivity index is 2.21. The van der Waals surface area contributed by atoms with Gasteiger partial charge in [-0.25, -0.2) is 0 Å². The Hall–Kier alpha value is -1.34. The summed E-state index contributed by atoms with van der Waals surface area (Å²) in [4.78, 5) is 11.6. The quantitative estimate of drug-likeness (QED) is 0.807. The SMILES string of the molecule is O=c1c(C(F)(F)F)cccn1C[C@@H]1COCCO1. The zero-order valence-corrected chi connectivity index (χ0v) is 9.44. The van der Waals surface area contributed by atoms with Crippen LogP contribution < -0.4 is 5.56 Å². The van der Waals surface area contributed by atoms with Crippen molar-refractivity contribution in [3.63, 3.8) is 0 Å². The van der Waals surface area contributed by atoms with Crippen LogP contribution in [0.4, 0.5) is 13.2 Å². The largest absolute Gasteiger partial charge is 0.421 e. The number of pyridine rings is 1. The highest BCUT2D eigenvalue weighted by Crippen LogP contribution is 2.26.